The van der Waals surface area contributed by atoms with Crippen molar-refractivity contribution in [1.29, 1.82) is 0 Å². The quantitative estimate of drug-likeness (QED) is 0.781. The van der Waals surface area contributed by atoms with E-state index in [0.717, 1.165) is 6.26 Å². The van der Waals surface area contributed by atoms with Gasteiger partial charge in [-0.3, -0.25) is 4.79 Å². The van der Waals surface area contributed by atoms with Crippen LogP contribution in [0.1, 0.15) is 27.6 Å². The summed E-state index contributed by atoms with van der Waals surface area (Å²) in [6.45, 7) is 0.0431. The first-order valence-corrected chi connectivity index (χ1v) is 9.71. The van der Waals surface area contributed by atoms with E-state index in [2.05, 4.69) is 5.32 Å². The predicted octanol–water partition coefficient (Wildman–Crippen LogP) is 1.70. The van der Waals surface area contributed by atoms with Crippen molar-refractivity contribution in [2.24, 2.45) is 0 Å². The second kappa shape index (κ2) is 8.13. The van der Waals surface area contributed by atoms with Crippen molar-refractivity contribution in [1.82, 2.24) is 5.32 Å². The zero-order valence-electron chi connectivity index (χ0n) is 14.1. The molecule has 2 N–H and O–H groups in total. The van der Waals surface area contributed by atoms with Crippen LogP contribution < -0.4 is 10.1 Å². The first-order chi connectivity index (χ1) is 11.8. The highest BCUT2D eigenvalue weighted by Crippen LogP contribution is 2.17. The summed E-state index contributed by atoms with van der Waals surface area (Å²) in [4.78, 5) is 12.2. The van der Waals surface area contributed by atoms with Crippen molar-refractivity contribution in [3.63, 3.8) is 0 Å². The van der Waals surface area contributed by atoms with Crippen LogP contribution in [0.25, 0.3) is 0 Å². The zero-order chi connectivity index (χ0) is 18.4. The molecule has 0 bridgehead atoms. The predicted molar refractivity (Wildman–Crippen MR) is 95.3 cm³/mol. The summed E-state index contributed by atoms with van der Waals surface area (Å²) < 4.78 is 27.8. The van der Waals surface area contributed by atoms with E-state index < -0.39 is 15.9 Å². The van der Waals surface area contributed by atoms with Crippen LogP contribution >= 0.6 is 0 Å². The molecule has 1 unspecified atom stereocenters. The van der Waals surface area contributed by atoms with Crippen LogP contribution in [0.4, 0.5) is 0 Å². The molecule has 0 saturated carbocycles. The lowest BCUT2D eigenvalue weighted by Gasteiger charge is -2.13. The van der Waals surface area contributed by atoms with E-state index in [1.54, 1.807) is 49.6 Å². The minimum Gasteiger partial charge on any atom is -0.497 e. The van der Waals surface area contributed by atoms with E-state index in [9.17, 15) is 18.3 Å². The Morgan fingerprint density at radius 1 is 1.20 bits per heavy atom. The maximum atomic E-state index is 12.2. The molecule has 0 aliphatic heterocycles. The summed E-state index contributed by atoms with van der Waals surface area (Å²) in [5.41, 5.74) is 1.56. The Morgan fingerprint density at radius 3 is 2.48 bits per heavy atom. The third-order valence-corrected chi connectivity index (χ3v) is 4.43. The molecule has 6 nitrogen and oxygen atoms in total. The standard InChI is InChI=1S/C18H21NO5S/c1-24-16-8-6-14(7-9-16)17(20)11-19-18(21)15-5-3-4-13(10-15)12-25(2,22)23/h3-10,17,20H,11-12H2,1-2H3,(H,19,21). The monoisotopic (exact) mass is 363 g/mol. The number of hydrogen-bond donors (Lipinski definition) is 2. The number of rotatable bonds is 7. The largest absolute Gasteiger partial charge is 0.497 e. The first kappa shape index (κ1) is 19.0. The second-order valence-electron chi connectivity index (χ2n) is 5.77. The average Bonchev–Trinajstić information content (AvgIpc) is 2.58. The molecule has 0 heterocycles. The number of ether oxygens (including phenoxy) is 1. The Balaban J connectivity index is 1.98. The van der Waals surface area contributed by atoms with Crippen molar-refractivity contribution >= 4 is 15.7 Å². The number of carbonyl (C=O) groups is 1. The van der Waals surface area contributed by atoms with Gasteiger partial charge in [-0.15, -0.1) is 0 Å². The second-order valence-corrected chi connectivity index (χ2v) is 7.91. The van der Waals surface area contributed by atoms with Crippen LogP contribution in [0, 0.1) is 0 Å². The Hall–Kier alpha value is -2.38. The first-order valence-electron chi connectivity index (χ1n) is 7.65. The summed E-state index contributed by atoms with van der Waals surface area (Å²) in [6, 6.07) is 13.3. The van der Waals surface area contributed by atoms with Crippen LogP contribution in [-0.2, 0) is 15.6 Å². The minimum atomic E-state index is -3.17. The number of benzene rings is 2. The lowest BCUT2D eigenvalue weighted by Crippen LogP contribution is -2.28. The van der Waals surface area contributed by atoms with E-state index in [4.69, 9.17) is 4.74 Å². The van der Waals surface area contributed by atoms with Gasteiger partial charge in [-0.25, -0.2) is 8.42 Å². The molecule has 0 aromatic heterocycles. The summed E-state index contributed by atoms with van der Waals surface area (Å²) in [6.07, 6.45) is 0.291. The van der Waals surface area contributed by atoms with Gasteiger partial charge >= 0.3 is 0 Å². The molecule has 134 valence electrons. The van der Waals surface area contributed by atoms with E-state index in [0.29, 0.717) is 22.4 Å². The number of aliphatic hydroxyl groups excluding tert-OH is 1. The maximum absolute atomic E-state index is 12.2. The molecule has 1 amide bonds. The molecule has 2 aromatic carbocycles. The van der Waals surface area contributed by atoms with Gasteiger partial charge in [-0.05, 0) is 35.4 Å². The molecule has 7 heteroatoms. The molecule has 0 fully saturated rings. The van der Waals surface area contributed by atoms with Crippen molar-refractivity contribution in [3.8, 4) is 5.75 Å². The summed E-state index contributed by atoms with van der Waals surface area (Å²) >= 11 is 0. The highest BCUT2D eigenvalue weighted by molar-refractivity contribution is 7.89. The fourth-order valence-corrected chi connectivity index (χ4v) is 3.13. The van der Waals surface area contributed by atoms with Gasteiger partial charge in [0.2, 0.25) is 0 Å². The smallest absolute Gasteiger partial charge is 0.251 e. The van der Waals surface area contributed by atoms with Crippen LogP contribution in [0.3, 0.4) is 0 Å². The Morgan fingerprint density at radius 2 is 1.88 bits per heavy atom. The van der Waals surface area contributed by atoms with Crippen molar-refractivity contribution in [2.45, 2.75) is 11.9 Å². The summed E-state index contributed by atoms with van der Waals surface area (Å²) in [5, 5.41) is 12.8. The minimum absolute atomic E-state index is 0.0431. The Bertz CT molecular complexity index is 831. The Kier molecular flexibility index (Phi) is 6.17. The summed E-state index contributed by atoms with van der Waals surface area (Å²) in [5.74, 6) is 0.188. The van der Waals surface area contributed by atoms with Crippen molar-refractivity contribution < 1.29 is 23.1 Å². The fraction of sp³-hybridized carbons (Fsp3) is 0.278. The van der Waals surface area contributed by atoms with Crippen LogP contribution in [0.5, 0.6) is 5.75 Å². The molecule has 25 heavy (non-hydrogen) atoms. The lowest BCUT2D eigenvalue weighted by atomic mass is 10.1. The number of amides is 1. The molecular formula is C18H21NO5S. The van der Waals surface area contributed by atoms with Gasteiger partial charge in [0.15, 0.2) is 9.84 Å². The highest BCUT2D eigenvalue weighted by atomic mass is 32.2. The number of carbonyl (C=O) groups excluding carboxylic acids is 1. The third kappa shape index (κ3) is 5.88. The van der Waals surface area contributed by atoms with E-state index in [-0.39, 0.29) is 18.2 Å². The van der Waals surface area contributed by atoms with Crippen LogP contribution in [0.2, 0.25) is 0 Å². The zero-order valence-corrected chi connectivity index (χ0v) is 14.9. The van der Waals surface area contributed by atoms with Gasteiger partial charge in [0.05, 0.1) is 19.0 Å². The number of hydrogen-bond acceptors (Lipinski definition) is 5. The molecule has 0 spiro atoms. The van der Waals surface area contributed by atoms with Gasteiger partial charge in [0, 0.05) is 18.4 Å². The normalized spacial score (nSPS) is 12.4. The lowest BCUT2D eigenvalue weighted by molar-refractivity contribution is 0.0916. The maximum Gasteiger partial charge on any atom is 0.251 e. The van der Waals surface area contributed by atoms with Crippen molar-refractivity contribution in [2.75, 3.05) is 19.9 Å². The fourth-order valence-electron chi connectivity index (χ4n) is 2.34. The molecule has 1 atom stereocenters. The number of sulfone groups is 1. The molecule has 2 aromatic rings. The highest BCUT2D eigenvalue weighted by Gasteiger charge is 2.12. The van der Waals surface area contributed by atoms with E-state index >= 15 is 0 Å². The van der Waals surface area contributed by atoms with Crippen LogP contribution in [0.15, 0.2) is 48.5 Å². The van der Waals surface area contributed by atoms with Gasteiger partial charge in [0.25, 0.3) is 5.91 Å². The van der Waals surface area contributed by atoms with E-state index in [1.165, 1.54) is 6.07 Å². The molecule has 2 rings (SSSR count). The molecule has 0 aliphatic carbocycles. The van der Waals surface area contributed by atoms with E-state index in [1.807, 2.05) is 0 Å². The third-order valence-electron chi connectivity index (χ3n) is 3.57. The van der Waals surface area contributed by atoms with Gasteiger partial charge < -0.3 is 15.2 Å². The Labute approximate surface area is 147 Å². The molecule has 0 radical (unpaired) electrons. The van der Waals surface area contributed by atoms with Gasteiger partial charge in [-0.1, -0.05) is 24.3 Å². The van der Waals surface area contributed by atoms with Gasteiger partial charge in [-0.2, -0.15) is 0 Å². The molecule has 0 saturated heterocycles. The summed E-state index contributed by atoms with van der Waals surface area (Å²) in [7, 11) is -1.61. The SMILES string of the molecule is COc1ccc(C(O)CNC(=O)c2cccc(CS(C)(=O)=O)c2)cc1. The average molecular weight is 363 g/mol. The van der Waals surface area contributed by atoms with Crippen LogP contribution in [-0.4, -0.2) is 39.3 Å². The topological polar surface area (TPSA) is 92.7 Å². The van der Waals surface area contributed by atoms with Crippen molar-refractivity contribution in [3.05, 3.63) is 65.2 Å². The van der Waals surface area contributed by atoms with Gasteiger partial charge in [0.1, 0.15) is 5.75 Å². The number of nitrogens with one attached hydrogen (secondary N) is 1. The molecular weight excluding hydrogens is 342 g/mol. The molecule has 0 aliphatic rings. The number of aliphatic hydroxyl groups is 1. The number of methoxy groups -OCH3 is 1.